The highest BCUT2D eigenvalue weighted by Gasteiger charge is 2.37. The summed E-state index contributed by atoms with van der Waals surface area (Å²) in [6.45, 7) is 1.05. The molecule has 1 aromatic heterocycles. The van der Waals surface area contributed by atoms with Crippen LogP contribution in [0.15, 0.2) is 0 Å². The third-order valence-corrected chi connectivity index (χ3v) is 4.99. The van der Waals surface area contributed by atoms with Crippen LogP contribution in [-0.4, -0.2) is 19.2 Å². The first-order valence-electron chi connectivity index (χ1n) is 6.49. The summed E-state index contributed by atoms with van der Waals surface area (Å²) in [7, 11) is 3.48. The van der Waals surface area contributed by atoms with Crippen molar-refractivity contribution in [3.05, 3.63) is 15.6 Å². The standard InChI is InChI=1S/C13H22N2O2S/c1-16-9-10-11(8-14)18-12(15-10)13(17-2)6-4-3-5-7-13/h3-9,14H2,1-2H3. The summed E-state index contributed by atoms with van der Waals surface area (Å²) < 4.78 is 11.0. The zero-order valence-corrected chi connectivity index (χ0v) is 12.0. The first-order valence-corrected chi connectivity index (χ1v) is 7.30. The molecule has 0 radical (unpaired) electrons. The third-order valence-electron chi connectivity index (χ3n) is 3.69. The molecule has 2 N–H and O–H groups in total. The van der Waals surface area contributed by atoms with Crippen LogP contribution < -0.4 is 5.73 Å². The van der Waals surface area contributed by atoms with Gasteiger partial charge in [-0.1, -0.05) is 19.3 Å². The van der Waals surface area contributed by atoms with Gasteiger partial charge in [0, 0.05) is 25.6 Å². The van der Waals surface area contributed by atoms with Gasteiger partial charge >= 0.3 is 0 Å². The van der Waals surface area contributed by atoms with Crippen LogP contribution in [0.4, 0.5) is 0 Å². The van der Waals surface area contributed by atoms with Crippen LogP contribution in [0, 0.1) is 0 Å². The quantitative estimate of drug-likeness (QED) is 0.893. The molecule has 0 spiro atoms. The Balaban J connectivity index is 2.30. The Labute approximate surface area is 113 Å². The van der Waals surface area contributed by atoms with E-state index in [1.807, 2.05) is 0 Å². The first-order chi connectivity index (χ1) is 8.75. The fourth-order valence-corrected chi connectivity index (χ4v) is 3.78. The molecular formula is C13H22N2O2S. The number of hydrogen-bond acceptors (Lipinski definition) is 5. The van der Waals surface area contributed by atoms with E-state index in [0.29, 0.717) is 13.2 Å². The number of nitrogens with two attached hydrogens (primary N) is 1. The van der Waals surface area contributed by atoms with Crippen molar-refractivity contribution >= 4 is 11.3 Å². The number of methoxy groups -OCH3 is 2. The molecule has 5 heteroatoms. The van der Waals surface area contributed by atoms with Crippen LogP contribution in [0.3, 0.4) is 0 Å². The largest absolute Gasteiger partial charge is 0.378 e. The molecule has 1 saturated carbocycles. The van der Waals surface area contributed by atoms with Crippen LogP contribution in [0.5, 0.6) is 0 Å². The molecule has 1 fully saturated rings. The lowest BCUT2D eigenvalue weighted by molar-refractivity contribution is -0.0448. The molecule has 0 atom stereocenters. The highest BCUT2D eigenvalue weighted by Crippen LogP contribution is 2.42. The highest BCUT2D eigenvalue weighted by molar-refractivity contribution is 7.11. The third kappa shape index (κ3) is 2.59. The Morgan fingerprint density at radius 1 is 1.28 bits per heavy atom. The number of aromatic nitrogens is 1. The van der Waals surface area contributed by atoms with Gasteiger partial charge in [0.25, 0.3) is 0 Å². The van der Waals surface area contributed by atoms with Gasteiger partial charge in [-0.2, -0.15) is 0 Å². The minimum absolute atomic E-state index is 0.182. The monoisotopic (exact) mass is 270 g/mol. The van der Waals surface area contributed by atoms with Gasteiger partial charge in [0.1, 0.15) is 10.6 Å². The predicted octanol–water partition coefficient (Wildman–Crippen LogP) is 2.55. The van der Waals surface area contributed by atoms with Crippen molar-refractivity contribution in [2.45, 2.75) is 50.9 Å². The number of thiazole rings is 1. The second kappa shape index (κ2) is 6.10. The maximum absolute atomic E-state index is 5.82. The van der Waals surface area contributed by atoms with E-state index in [4.69, 9.17) is 20.2 Å². The second-order valence-corrected chi connectivity index (χ2v) is 5.87. The number of ether oxygens (including phenoxy) is 2. The molecule has 1 aliphatic carbocycles. The fourth-order valence-electron chi connectivity index (χ4n) is 2.62. The topological polar surface area (TPSA) is 57.4 Å². The van der Waals surface area contributed by atoms with Crippen molar-refractivity contribution in [1.29, 1.82) is 0 Å². The molecule has 0 unspecified atom stereocenters. The van der Waals surface area contributed by atoms with Crippen LogP contribution in [0.1, 0.15) is 47.7 Å². The Morgan fingerprint density at radius 2 is 2.00 bits per heavy atom. The highest BCUT2D eigenvalue weighted by atomic mass is 32.1. The molecule has 1 heterocycles. The van der Waals surface area contributed by atoms with Crippen molar-refractivity contribution in [3.63, 3.8) is 0 Å². The average molecular weight is 270 g/mol. The zero-order chi connectivity index (χ0) is 13.0. The van der Waals surface area contributed by atoms with E-state index in [1.54, 1.807) is 25.6 Å². The van der Waals surface area contributed by atoms with E-state index < -0.39 is 0 Å². The Morgan fingerprint density at radius 3 is 2.56 bits per heavy atom. The van der Waals surface area contributed by atoms with Crippen molar-refractivity contribution in [2.75, 3.05) is 14.2 Å². The first kappa shape index (κ1) is 13.9. The number of rotatable bonds is 5. The van der Waals surface area contributed by atoms with Crippen molar-refractivity contribution < 1.29 is 9.47 Å². The normalized spacial score (nSPS) is 19.1. The van der Waals surface area contributed by atoms with Gasteiger partial charge in [-0.25, -0.2) is 4.98 Å². The van der Waals surface area contributed by atoms with Gasteiger partial charge in [-0.15, -0.1) is 11.3 Å². The van der Waals surface area contributed by atoms with Crippen LogP contribution in [-0.2, 0) is 28.2 Å². The summed E-state index contributed by atoms with van der Waals surface area (Å²) in [4.78, 5) is 5.85. The number of hydrogen-bond donors (Lipinski definition) is 1. The van der Waals surface area contributed by atoms with E-state index in [0.717, 1.165) is 28.4 Å². The fraction of sp³-hybridized carbons (Fsp3) is 0.769. The van der Waals surface area contributed by atoms with Gasteiger partial charge in [0.15, 0.2) is 0 Å². The lowest BCUT2D eigenvalue weighted by atomic mass is 9.85. The van der Waals surface area contributed by atoms with Gasteiger partial charge in [-0.05, 0) is 12.8 Å². The Kier molecular flexibility index (Phi) is 4.72. The minimum Gasteiger partial charge on any atom is -0.378 e. The Hall–Kier alpha value is -0.490. The van der Waals surface area contributed by atoms with Crippen LogP contribution in [0.25, 0.3) is 0 Å². The molecule has 1 aromatic rings. The van der Waals surface area contributed by atoms with E-state index in [-0.39, 0.29) is 5.60 Å². The molecule has 1 aliphatic rings. The molecule has 0 bridgehead atoms. The molecule has 0 saturated heterocycles. The smallest absolute Gasteiger partial charge is 0.125 e. The molecule has 0 aliphatic heterocycles. The van der Waals surface area contributed by atoms with E-state index >= 15 is 0 Å². The van der Waals surface area contributed by atoms with E-state index in [9.17, 15) is 0 Å². The molecule has 0 aromatic carbocycles. The average Bonchev–Trinajstić information content (AvgIpc) is 2.84. The lowest BCUT2D eigenvalue weighted by Crippen LogP contribution is -2.31. The predicted molar refractivity (Wildman–Crippen MR) is 72.5 cm³/mol. The van der Waals surface area contributed by atoms with Gasteiger partial charge in [0.05, 0.1) is 12.3 Å². The Bertz CT molecular complexity index is 386. The SMILES string of the molecule is COCc1nc(C2(OC)CCCCC2)sc1CN. The summed E-state index contributed by atoms with van der Waals surface area (Å²) in [5, 5.41) is 1.08. The summed E-state index contributed by atoms with van der Waals surface area (Å²) in [6.07, 6.45) is 5.85. The van der Waals surface area contributed by atoms with Crippen molar-refractivity contribution in [1.82, 2.24) is 4.98 Å². The number of nitrogens with zero attached hydrogens (tertiary/aromatic N) is 1. The van der Waals surface area contributed by atoms with Gasteiger partial charge < -0.3 is 15.2 Å². The zero-order valence-electron chi connectivity index (χ0n) is 11.2. The summed E-state index contributed by atoms with van der Waals surface area (Å²) >= 11 is 1.69. The summed E-state index contributed by atoms with van der Waals surface area (Å²) in [5.74, 6) is 0. The molecule has 0 amide bonds. The maximum Gasteiger partial charge on any atom is 0.125 e. The minimum atomic E-state index is -0.182. The molecule has 102 valence electrons. The summed E-state index contributed by atoms with van der Waals surface area (Å²) in [6, 6.07) is 0. The van der Waals surface area contributed by atoms with Gasteiger partial charge in [-0.3, -0.25) is 0 Å². The summed E-state index contributed by atoms with van der Waals surface area (Å²) in [5.41, 5.74) is 6.57. The van der Waals surface area contributed by atoms with Crippen LogP contribution >= 0.6 is 11.3 Å². The molecule has 4 nitrogen and oxygen atoms in total. The van der Waals surface area contributed by atoms with Gasteiger partial charge in [0.2, 0.25) is 0 Å². The molecule has 2 rings (SSSR count). The molecule has 18 heavy (non-hydrogen) atoms. The van der Waals surface area contributed by atoms with Crippen molar-refractivity contribution in [2.24, 2.45) is 5.73 Å². The van der Waals surface area contributed by atoms with E-state index in [1.165, 1.54) is 19.3 Å². The van der Waals surface area contributed by atoms with Crippen LogP contribution in [0.2, 0.25) is 0 Å². The van der Waals surface area contributed by atoms with E-state index in [2.05, 4.69) is 0 Å². The molecular weight excluding hydrogens is 248 g/mol. The lowest BCUT2D eigenvalue weighted by Gasteiger charge is -2.34. The van der Waals surface area contributed by atoms with Crippen molar-refractivity contribution in [3.8, 4) is 0 Å². The maximum atomic E-state index is 5.82. The second-order valence-electron chi connectivity index (χ2n) is 4.79.